The van der Waals surface area contributed by atoms with E-state index in [1.165, 1.54) is 24.3 Å². The fourth-order valence-corrected chi connectivity index (χ4v) is 5.51. The lowest BCUT2D eigenvalue weighted by Gasteiger charge is -2.10. The van der Waals surface area contributed by atoms with Crippen LogP contribution in [0.4, 0.5) is 36.2 Å². The van der Waals surface area contributed by atoms with Crippen LogP contribution in [0.2, 0.25) is 0 Å². The maximum absolute atomic E-state index is 12.7. The van der Waals surface area contributed by atoms with Crippen molar-refractivity contribution in [1.82, 2.24) is 9.97 Å². The van der Waals surface area contributed by atoms with Crippen molar-refractivity contribution in [3.8, 4) is 30.0 Å². The monoisotopic (exact) mass is 758 g/mol. The number of amides is 2. The average Bonchev–Trinajstić information content (AvgIpc) is 3.14. The molecule has 4 aromatic rings. The van der Waals surface area contributed by atoms with Crippen LogP contribution in [0.15, 0.2) is 70.7 Å². The number of nitrogens with two attached hydrogens (primary N) is 2. The predicted octanol–water partition coefficient (Wildman–Crippen LogP) is 6.47. The summed E-state index contributed by atoms with van der Waals surface area (Å²) in [7, 11) is 0. The number of aromatic nitrogens is 2. The Kier molecular flexibility index (Phi) is 15.3. The van der Waals surface area contributed by atoms with E-state index in [1.807, 2.05) is 18.2 Å². The van der Waals surface area contributed by atoms with Crippen molar-refractivity contribution in [2.24, 2.45) is 0 Å². The van der Waals surface area contributed by atoms with Crippen LogP contribution in [0.25, 0.3) is 0 Å². The van der Waals surface area contributed by atoms with Crippen LogP contribution >= 0.6 is 23.5 Å². The van der Waals surface area contributed by atoms with E-state index in [2.05, 4.69) is 27.5 Å². The van der Waals surface area contributed by atoms with Gasteiger partial charge in [0.15, 0.2) is 0 Å². The van der Waals surface area contributed by atoms with E-state index in [0.717, 1.165) is 54.2 Å². The van der Waals surface area contributed by atoms with E-state index in [0.29, 0.717) is 17.3 Å². The summed E-state index contributed by atoms with van der Waals surface area (Å²) >= 11 is 1.97. The molecule has 2 heterocycles. The van der Waals surface area contributed by atoms with Crippen LogP contribution in [0, 0.1) is 45.3 Å². The number of nitriles is 4. The van der Waals surface area contributed by atoms with Crippen molar-refractivity contribution in [1.29, 1.82) is 21.0 Å². The molecule has 0 atom stereocenters. The van der Waals surface area contributed by atoms with Crippen LogP contribution in [0.3, 0.4) is 0 Å². The van der Waals surface area contributed by atoms with Crippen LogP contribution < -0.4 is 26.8 Å². The zero-order valence-corrected chi connectivity index (χ0v) is 29.5. The average molecular weight is 759 g/mol. The van der Waals surface area contributed by atoms with Crippen LogP contribution in [0.1, 0.15) is 47.6 Å². The number of alkyl halides is 3. The van der Waals surface area contributed by atoms with E-state index in [9.17, 15) is 22.8 Å². The third-order valence-corrected chi connectivity index (χ3v) is 8.56. The smallest absolute Gasteiger partial charge is 0.416 e. The topological polar surface area (TPSA) is 240 Å². The van der Waals surface area contributed by atoms with E-state index in [4.69, 9.17) is 37.3 Å². The second-order valence-electron chi connectivity index (χ2n) is 10.5. The van der Waals surface area contributed by atoms with Gasteiger partial charge in [-0.2, -0.15) is 34.2 Å². The first-order valence-electron chi connectivity index (χ1n) is 15.3. The van der Waals surface area contributed by atoms with E-state index >= 15 is 0 Å². The Morgan fingerprint density at radius 1 is 0.755 bits per heavy atom. The number of hydrogen-bond acceptors (Lipinski definition) is 13. The molecular formula is C35H29F3N10O3S2. The van der Waals surface area contributed by atoms with Crippen molar-refractivity contribution >= 4 is 58.3 Å². The molecule has 0 saturated heterocycles. The molecule has 2 aromatic carbocycles. The van der Waals surface area contributed by atoms with Crippen molar-refractivity contribution in [2.45, 2.75) is 36.0 Å². The Balaban J connectivity index is 0.000000286. The minimum Gasteiger partial charge on any atom is -0.494 e. The number of nitrogens with zero attached hydrogens (tertiary/aromatic N) is 6. The lowest BCUT2D eigenvalue weighted by atomic mass is 10.2. The second-order valence-corrected chi connectivity index (χ2v) is 12.4. The summed E-state index contributed by atoms with van der Waals surface area (Å²) in [5.74, 6) is -0.251. The Bertz CT molecular complexity index is 2120. The zero-order chi connectivity index (χ0) is 39.0. The number of nitrogen functional groups attached to an aromatic ring is 2. The van der Waals surface area contributed by atoms with Crippen LogP contribution in [0.5, 0.6) is 5.75 Å². The molecule has 18 heteroatoms. The van der Waals surface area contributed by atoms with Gasteiger partial charge in [0.05, 0.1) is 45.9 Å². The predicted molar refractivity (Wildman–Crippen MR) is 193 cm³/mol. The number of nitrogens with one attached hydrogen (secondary N) is 2. The van der Waals surface area contributed by atoms with Crippen LogP contribution in [-0.2, 0) is 15.8 Å². The quantitative estimate of drug-likeness (QED) is 0.0895. The molecule has 0 unspecified atom stereocenters. The largest absolute Gasteiger partial charge is 0.494 e. The highest BCUT2D eigenvalue weighted by Crippen LogP contribution is 2.31. The Labute approximate surface area is 310 Å². The van der Waals surface area contributed by atoms with E-state index in [-0.39, 0.29) is 62.0 Å². The molecule has 0 aliphatic rings. The minimum absolute atomic E-state index is 0.00164. The van der Waals surface area contributed by atoms with Gasteiger partial charge in [0, 0.05) is 11.4 Å². The second kappa shape index (κ2) is 19.8. The highest BCUT2D eigenvalue weighted by Gasteiger charge is 2.30. The fraction of sp³-hybridized carbons (Fsp3) is 0.200. The molecule has 0 aliphatic heterocycles. The molecule has 0 fully saturated rings. The van der Waals surface area contributed by atoms with E-state index < -0.39 is 17.6 Å². The molecule has 53 heavy (non-hydrogen) atoms. The molecule has 270 valence electrons. The first-order chi connectivity index (χ1) is 25.3. The molecule has 0 aliphatic carbocycles. The summed E-state index contributed by atoms with van der Waals surface area (Å²) in [5, 5.41) is 41.6. The number of rotatable bonds is 12. The SMILES string of the molecule is CCCCOc1ccc(NC(=O)CSc2nc(N)c(C#N)cc2C#N)cc1.N#Cc1cc(C#N)c(SCC(=O)Nc2cccc(C(F)(F)F)c2)nc1N. The molecule has 0 saturated carbocycles. The van der Waals surface area contributed by atoms with Crippen molar-refractivity contribution in [2.75, 3.05) is 40.2 Å². The van der Waals surface area contributed by atoms with Gasteiger partial charge in [-0.25, -0.2) is 9.97 Å². The minimum atomic E-state index is -4.51. The molecule has 13 nitrogen and oxygen atoms in total. The van der Waals surface area contributed by atoms with Gasteiger partial charge in [-0.1, -0.05) is 42.9 Å². The Hall–Kier alpha value is -6.47. The third-order valence-electron chi connectivity index (χ3n) is 6.57. The lowest BCUT2D eigenvalue weighted by Crippen LogP contribution is -2.15. The summed E-state index contributed by atoms with van der Waals surface area (Å²) in [6.07, 6.45) is -2.45. The summed E-state index contributed by atoms with van der Waals surface area (Å²) in [6, 6.07) is 21.5. The number of unbranched alkanes of at least 4 members (excludes halogenated alkanes) is 1. The van der Waals surface area contributed by atoms with Crippen LogP contribution in [-0.4, -0.2) is 39.9 Å². The molecule has 0 bridgehead atoms. The lowest BCUT2D eigenvalue weighted by molar-refractivity contribution is -0.137. The Morgan fingerprint density at radius 2 is 1.25 bits per heavy atom. The number of anilines is 4. The van der Waals surface area contributed by atoms with Gasteiger partial charge in [0.1, 0.15) is 51.7 Å². The number of thioether (sulfide) groups is 2. The third kappa shape index (κ3) is 12.7. The number of carbonyl (C=O) groups is 2. The highest BCUT2D eigenvalue weighted by atomic mass is 32.2. The van der Waals surface area contributed by atoms with Crippen molar-refractivity contribution in [3.05, 3.63) is 88.5 Å². The van der Waals surface area contributed by atoms with Crippen molar-refractivity contribution in [3.63, 3.8) is 0 Å². The maximum atomic E-state index is 12.7. The van der Waals surface area contributed by atoms with Gasteiger partial charge < -0.3 is 26.8 Å². The van der Waals surface area contributed by atoms with Gasteiger partial charge in [0.2, 0.25) is 11.8 Å². The van der Waals surface area contributed by atoms with Gasteiger partial charge in [0.25, 0.3) is 0 Å². The van der Waals surface area contributed by atoms with E-state index in [1.54, 1.807) is 30.3 Å². The standard InChI is InChI=1S/C19H19N5O2S.C16H10F3N5OS/c1-2-3-8-26-16-6-4-15(5-7-16)23-17(25)12-27-19-14(11-21)9-13(10-20)18(22)24-19;17-16(18,19)11-2-1-3-12(5-11)23-13(25)8-26-15-10(7-21)4-9(6-20)14(22)24-15/h4-7,9H,2-3,8,12H2,1H3,(H2,22,24)(H,23,25);1-5H,8H2,(H2,22,24)(H,23,25). The summed E-state index contributed by atoms with van der Waals surface area (Å²) in [4.78, 5) is 32.0. The molecule has 6 N–H and O–H groups in total. The number of benzene rings is 2. The molecular weight excluding hydrogens is 730 g/mol. The van der Waals surface area contributed by atoms with Gasteiger partial charge in [-0.15, -0.1) is 0 Å². The summed E-state index contributed by atoms with van der Waals surface area (Å²) in [5.41, 5.74) is 11.5. The van der Waals surface area contributed by atoms with Gasteiger partial charge in [-0.3, -0.25) is 9.59 Å². The first-order valence-corrected chi connectivity index (χ1v) is 17.3. The fourth-order valence-electron chi connectivity index (χ4n) is 3.98. The van der Waals surface area contributed by atoms with Crippen molar-refractivity contribution < 1.29 is 27.5 Å². The number of ether oxygens (including phenoxy) is 1. The first kappa shape index (κ1) is 41.0. The number of pyridine rings is 2. The Morgan fingerprint density at radius 3 is 1.70 bits per heavy atom. The van der Waals surface area contributed by atoms with Gasteiger partial charge in [-0.05, 0) is 61.0 Å². The molecule has 2 amide bonds. The zero-order valence-electron chi connectivity index (χ0n) is 27.8. The molecule has 4 rings (SSSR count). The molecule has 0 spiro atoms. The molecule has 2 aromatic heterocycles. The maximum Gasteiger partial charge on any atom is 0.416 e. The number of carbonyl (C=O) groups excluding carboxylic acids is 2. The van der Waals surface area contributed by atoms with Gasteiger partial charge >= 0.3 is 6.18 Å². The normalized spacial score (nSPS) is 10.3. The number of hydrogen-bond donors (Lipinski definition) is 4. The molecule has 0 radical (unpaired) electrons. The number of halogens is 3. The highest BCUT2D eigenvalue weighted by molar-refractivity contribution is 8.00. The summed E-state index contributed by atoms with van der Waals surface area (Å²) in [6.45, 7) is 2.77. The summed E-state index contributed by atoms with van der Waals surface area (Å²) < 4.78 is 43.6.